The molecular formula is C12H10N4S. The van der Waals surface area contributed by atoms with Gasteiger partial charge < -0.3 is 4.98 Å². The number of anilines is 1. The van der Waals surface area contributed by atoms with Gasteiger partial charge in [0.25, 0.3) is 0 Å². The maximum atomic E-state index is 4.42. The van der Waals surface area contributed by atoms with Gasteiger partial charge in [0, 0.05) is 6.20 Å². The lowest BCUT2D eigenvalue weighted by molar-refractivity contribution is 1.30. The third-order valence-corrected chi connectivity index (χ3v) is 3.22. The number of hydrogen-bond acceptors (Lipinski definition) is 4. The minimum Gasteiger partial charge on any atom is -0.360 e. The number of para-hydroxylation sites is 1. The molecule has 0 fully saturated rings. The molecule has 0 unspecified atom stereocenters. The summed E-state index contributed by atoms with van der Waals surface area (Å²) in [4.78, 5) is 7.46. The fourth-order valence-electron chi connectivity index (χ4n) is 1.50. The number of aromatic amines is 1. The third kappa shape index (κ3) is 2.19. The molecule has 17 heavy (non-hydrogen) atoms. The standard InChI is InChI=1S/C12H10N4S/c1-2-6-11-10(5-1)15-12(17-11)16-14-8-9-4-3-7-13-9/h1-8,13H,(H,15,16)/b14-8-. The van der Waals surface area contributed by atoms with E-state index in [2.05, 4.69) is 20.5 Å². The van der Waals surface area contributed by atoms with E-state index in [4.69, 9.17) is 0 Å². The van der Waals surface area contributed by atoms with Gasteiger partial charge in [0.1, 0.15) is 0 Å². The quantitative estimate of drug-likeness (QED) is 0.548. The van der Waals surface area contributed by atoms with Crippen molar-refractivity contribution in [3.05, 3.63) is 48.3 Å². The molecule has 2 heterocycles. The number of H-pyrrole nitrogens is 1. The van der Waals surface area contributed by atoms with Crippen LogP contribution in [0.25, 0.3) is 10.2 Å². The maximum Gasteiger partial charge on any atom is 0.204 e. The van der Waals surface area contributed by atoms with E-state index in [0.717, 1.165) is 21.0 Å². The van der Waals surface area contributed by atoms with E-state index < -0.39 is 0 Å². The Kier molecular flexibility index (Phi) is 2.59. The fraction of sp³-hybridized carbons (Fsp3) is 0. The van der Waals surface area contributed by atoms with Crippen molar-refractivity contribution in [1.82, 2.24) is 9.97 Å². The minimum absolute atomic E-state index is 0.800. The number of hydrogen-bond donors (Lipinski definition) is 2. The van der Waals surface area contributed by atoms with E-state index in [-0.39, 0.29) is 0 Å². The SMILES string of the molecule is C(=N/Nc1nc2ccccc2s1)/c1ccc[nH]1. The molecule has 0 aliphatic carbocycles. The van der Waals surface area contributed by atoms with Crippen LogP contribution in [0.3, 0.4) is 0 Å². The molecule has 2 N–H and O–H groups in total. The Morgan fingerprint density at radius 1 is 1.24 bits per heavy atom. The molecule has 3 aromatic rings. The summed E-state index contributed by atoms with van der Waals surface area (Å²) in [6, 6.07) is 11.9. The summed E-state index contributed by atoms with van der Waals surface area (Å²) >= 11 is 1.59. The van der Waals surface area contributed by atoms with E-state index >= 15 is 0 Å². The van der Waals surface area contributed by atoms with Crippen LogP contribution in [0.4, 0.5) is 5.13 Å². The smallest absolute Gasteiger partial charge is 0.204 e. The summed E-state index contributed by atoms with van der Waals surface area (Å²) in [5.74, 6) is 0. The normalized spacial score (nSPS) is 11.3. The highest BCUT2D eigenvalue weighted by molar-refractivity contribution is 7.22. The molecule has 0 saturated heterocycles. The van der Waals surface area contributed by atoms with Crippen LogP contribution in [0.15, 0.2) is 47.7 Å². The van der Waals surface area contributed by atoms with Gasteiger partial charge in [0.05, 0.1) is 22.1 Å². The molecule has 0 bridgehead atoms. The highest BCUT2D eigenvalue weighted by atomic mass is 32.1. The number of fused-ring (bicyclic) bond motifs is 1. The zero-order valence-electron chi connectivity index (χ0n) is 8.92. The first-order valence-electron chi connectivity index (χ1n) is 5.20. The van der Waals surface area contributed by atoms with Gasteiger partial charge in [-0.3, -0.25) is 5.43 Å². The number of aromatic nitrogens is 2. The zero-order valence-corrected chi connectivity index (χ0v) is 9.74. The summed E-state index contributed by atoms with van der Waals surface area (Å²) in [6.07, 6.45) is 3.59. The molecule has 3 rings (SSSR count). The van der Waals surface area contributed by atoms with Crippen molar-refractivity contribution >= 4 is 32.9 Å². The molecule has 0 amide bonds. The number of thiazole rings is 1. The maximum absolute atomic E-state index is 4.42. The largest absolute Gasteiger partial charge is 0.360 e. The second-order valence-corrected chi connectivity index (χ2v) is 4.51. The van der Waals surface area contributed by atoms with Crippen LogP contribution < -0.4 is 5.43 Å². The van der Waals surface area contributed by atoms with Crippen molar-refractivity contribution in [2.75, 3.05) is 5.43 Å². The van der Waals surface area contributed by atoms with E-state index in [0.29, 0.717) is 0 Å². The van der Waals surface area contributed by atoms with Gasteiger partial charge >= 0.3 is 0 Å². The highest BCUT2D eigenvalue weighted by Crippen LogP contribution is 2.25. The molecular weight excluding hydrogens is 232 g/mol. The van der Waals surface area contributed by atoms with E-state index in [1.807, 2.05) is 42.6 Å². The summed E-state index contributed by atoms with van der Waals surface area (Å²) in [7, 11) is 0. The Hall–Kier alpha value is -2.14. The molecule has 0 spiro atoms. The first kappa shape index (κ1) is 10.0. The minimum atomic E-state index is 0.800. The Balaban J connectivity index is 1.77. The first-order chi connectivity index (χ1) is 8.42. The van der Waals surface area contributed by atoms with Crippen LogP contribution in [0, 0.1) is 0 Å². The van der Waals surface area contributed by atoms with Crippen molar-refractivity contribution in [3.63, 3.8) is 0 Å². The second kappa shape index (κ2) is 4.39. The van der Waals surface area contributed by atoms with Crippen molar-refractivity contribution in [2.45, 2.75) is 0 Å². The monoisotopic (exact) mass is 242 g/mol. The lowest BCUT2D eigenvalue weighted by Crippen LogP contribution is -1.89. The highest BCUT2D eigenvalue weighted by Gasteiger charge is 2.00. The summed E-state index contributed by atoms with van der Waals surface area (Å²) in [5.41, 5.74) is 4.88. The Bertz CT molecular complexity index is 606. The molecule has 84 valence electrons. The van der Waals surface area contributed by atoms with Crippen LogP contribution in [-0.2, 0) is 0 Å². The van der Waals surface area contributed by atoms with E-state index in [1.165, 1.54) is 0 Å². The van der Waals surface area contributed by atoms with Gasteiger partial charge in [-0.25, -0.2) is 4.98 Å². The number of nitrogens with zero attached hydrogens (tertiary/aromatic N) is 2. The van der Waals surface area contributed by atoms with Crippen LogP contribution in [0.5, 0.6) is 0 Å². The summed E-state index contributed by atoms with van der Waals surface area (Å²) < 4.78 is 1.16. The topological polar surface area (TPSA) is 53.1 Å². The molecule has 4 nitrogen and oxygen atoms in total. The summed E-state index contributed by atoms with van der Waals surface area (Å²) in [6.45, 7) is 0. The van der Waals surface area contributed by atoms with E-state index in [9.17, 15) is 0 Å². The van der Waals surface area contributed by atoms with Gasteiger partial charge in [-0.15, -0.1) is 0 Å². The van der Waals surface area contributed by atoms with Crippen molar-refractivity contribution < 1.29 is 0 Å². The lowest BCUT2D eigenvalue weighted by atomic mass is 10.3. The molecule has 0 atom stereocenters. The van der Waals surface area contributed by atoms with Crippen LogP contribution in [0.2, 0.25) is 0 Å². The molecule has 0 saturated carbocycles. The Morgan fingerprint density at radius 3 is 3.00 bits per heavy atom. The lowest BCUT2D eigenvalue weighted by Gasteiger charge is -1.90. The number of benzene rings is 1. The molecule has 0 radical (unpaired) electrons. The number of hydrazone groups is 1. The van der Waals surface area contributed by atoms with Gasteiger partial charge in [0.2, 0.25) is 5.13 Å². The van der Waals surface area contributed by atoms with Crippen LogP contribution >= 0.6 is 11.3 Å². The van der Waals surface area contributed by atoms with Gasteiger partial charge in [0.15, 0.2) is 0 Å². The third-order valence-electron chi connectivity index (χ3n) is 2.28. The molecule has 1 aromatic carbocycles. The predicted molar refractivity (Wildman–Crippen MR) is 71.6 cm³/mol. The Morgan fingerprint density at radius 2 is 2.18 bits per heavy atom. The average molecular weight is 242 g/mol. The average Bonchev–Trinajstić information content (AvgIpc) is 2.96. The van der Waals surface area contributed by atoms with Crippen LogP contribution in [0.1, 0.15) is 5.69 Å². The van der Waals surface area contributed by atoms with Crippen molar-refractivity contribution in [1.29, 1.82) is 0 Å². The van der Waals surface area contributed by atoms with Crippen molar-refractivity contribution in [2.24, 2.45) is 5.10 Å². The molecule has 0 aliphatic heterocycles. The second-order valence-electron chi connectivity index (χ2n) is 3.48. The summed E-state index contributed by atoms with van der Waals surface area (Å²) in [5, 5.41) is 4.92. The van der Waals surface area contributed by atoms with E-state index in [1.54, 1.807) is 17.6 Å². The van der Waals surface area contributed by atoms with Crippen LogP contribution in [-0.4, -0.2) is 16.2 Å². The van der Waals surface area contributed by atoms with Gasteiger partial charge in [-0.05, 0) is 24.3 Å². The van der Waals surface area contributed by atoms with Gasteiger partial charge in [-0.1, -0.05) is 23.5 Å². The predicted octanol–water partition coefficient (Wildman–Crippen LogP) is 3.07. The Labute approximate surface area is 102 Å². The van der Waals surface area contributed by atoms with Gasteiger partial charge in [-0.2, -0.15) is 5.10 Å². The number of nitrogens with one attached hydrogen (secondary N) is 2. The number of rotatable bonds is 3. The van der Waals surface area contributed by atoms with Crippen molar-refractivity contribution in [3.8, 4) is 0 Å². The zero-order chi connectivity index (χ0) is 11.5. The molecule has 5 heteroatoms. The fourth-order valence-corrected chi connectivity index (χ4v) is 2.32. The molecule has 0 aliphatic rings. The first-order valence-corrected chi connectivity index (χ1v) is 6.01. The molecule has 2 aromatic heterocycles.